The molecule has 0 bridgehead atoms. The van der Waals surface area contributed by atoms with Crippen molar-refractivity contribution in [3.63, 3.8) is 0 Å². The number of phenolic OH excluding ortho intramolecular Hbond substituents is 1. The van der Waals surface area contributed by atoms with Crippen molar-refractivity contribution >= 4 is 0 Å². The van der Waals surface area contributed by atoms with Crippen LogP contribution in [0.2, 0.25) is 0 Å². The van der Waals surface area contributed by atoms with Gasteiger partial charge in [0.25, 0.3) is 0 Å². The monoisotopic (exact) mass is 262 g/mol. The molecule has 0 saturated heterocycles. The van der Waals surface area contributed by atoms with E-state index < -0.39 is 0 Å². The molecule has 0 spiro atoms. The maximum Gasteiger partial charge on any atom is 0.138 e. The first-order valence-electron chi connectivity index (χ1n) is 6.10. The van der Waals surface area contributed by atoms with Gasteiger partial charge in [0.1, 0.15) is 17.3 Å². The average molecular weight is 262 g/mol. The normalized spacial score (nSPS) is 10.7. The lowest BCUT2D eigenvalue weighted by molar-refractivity contribution is 0.391. The van der Waals surface area contributed by atoms with E-state index in [4.69, 9.17) is 9.26 Å². The van der Waals surface area contributed by atoms with Gasteiger partial charge in [0, 0.05) is 30.3 Å². The average Bonchev–Trinajstić information content (AvgIpc) is 2.72. The Morgan fingerprint density at radius 1 is 1.32 bits per heavy atom. The number of nitrogens with one attached hydrogen (secondary N) is 1. The topological polar surface area (TPSA) is 67.5 Å². The van der Waals surface area contributed by atoms with Crippen molar-refractivity contribution < 1.29 is 14.4 Å². The number of rotatable bonds is 5. The molecule has 2 rings (SSSR count). The first-order valence-corrected chi connectivity index (χ1v) is 6.10. The lowest BCUT2D eigenvalue weighted by Gasteiger charge is -2.08. The minimum atomic E-state index is 0.227. The van der Waals surface area contributed by atoms with Crippen molar-refractivity contribution in [1.82, 2.24) is 10.5 Å². The zero-order chi connectivity index (χ0) is 13.8. The number of ether oxygens (including phenoxy) is 1. The summed E-state index contributed by atoms with van der Waals surface area (Å²) in [6, 6.07) is 5.27. The van der Waals surface area contributed by atoms with E-state index in [0.29, 0.717) is 18.8 Å². The predicted octanol–water partition coefficient (Wildman–Crippen LogP) is 2.30. The molecule has 0 amide bonds. The Labute approximate surface area is 112 Å². The van der Waals surface area contributed by atoms with Gasteiger partial charge in [0.2, 0.25) is 0 Å². The van der Waals surface area contributed by atoms with Crippen molar-refractivity contribution in [2.45, 2.75) is 26.9 Å². The largest absolute Gasteiger partial charge is 0.507 e. The predicted molar refractivity (Wildman–Crippen MR) is 71.2 cm³/mol. The molecular formula is C14H18N2O3. The van der Waals surface area contributed by atoms with Crippen molar-refractivity contribution in [1.29, 1.82) is 0 Å². The van der Waals surface area contributed by atoms with Crippen LogP contribution in [-0.2, 0) is 13.1 Å². The first-order chi connectivity index (χ1) is 9.11. The van der Waals surface area contributed by atoms with Crippen molar-refractivity contribution in [2.24, 2.45) is 0 Å². The number of nitrogens with zero attached hydrogens (tertiary/aromatic N) is 1. The maximum absolute atomic E-state index is 9.84. The zero-order valence-corrected chi connectivity index (χ0v) is 11.4. The maximum atomic E-state index is 9.84. The van der Waals surface area contributed by atoms with Gasteiger partial charge in [-0.25, -0.2) is 0 Å². The second-order valence-corrected chi connectivity index (χ2v) is 4.40. The van der Waals surface area contributed by atoms with Gasteiger partial charge in [-0.2, -0.15) is 0 Å². The Kier molecular flexibility index (Phi) is 4.06. The van der Waals surface area contributed by atoms with Crippen LogP contribution in [0.25, 0.3) is 0 Å². The highest BCUT2D eigenvalue weighted by atomic mass is 16.5. The first kappa shape index (κ1) is 13.4. The summed E-state index contributed by atoms with van der Waals surface area (Å²) < 4.78 is 10.1. The zero-order valence-electron chi connectivity index (χ0n) is 11.4. The van der Waals surface area contributed by atoms with E-state index in [1.165, 1.54) is 0 Å². The molecular weight excluding hydrogens is 244 g/mol. The van der Waals surface area contributed by atoms with Gasteiger partial charge in [-0.05, 0) is 19.9 Å². The highest BCUT2D eigenvalue weighted by molar-refractivity contribution is 5.39. The van der Waals surface area contributed by atoms with Crippen molar-refractivity contribution in [3.05, 3.63) is 40.8 Å². The molecule has 0 radical (unpaired) electrons. The third-order valence-corrected chi connectivity index (χ3v) is 3.09. The van der Waals surface area contributed by atoms with E-state index in [1.807, 2.05) is 26.0 Å². The van der Waals surface area contributed by atoms with Gasteiger partial charge < -0.3 is 19.7 Å². The molecule has 0 aliphatic carbocycles. The SMILES string of the molecule is COc1ccc(CNCc2c(C)noc2C)c(O)c1. The van der Waals surface area contributed by atoms with E-state index in [-0.39, 0.29) is 5.75 Å². The summed E-state index contributed by atoms with van der Waals surface area (Å²) in [5.74, 6) is 1.70. The number of hydrogen-bond donors (Lipinski definition) is 2. The number of aromatic nitrogens is 1. The Balaban J connectivity index is 1.96. The van der Waals surface area contributed by atoms with Crippen LogP contribution < -0.4 is 10.1 Å². The standard InChI is InChI=1S/C14H18N2O3/c1-9-13(10(2)19-16-9)8-15-7-11-4-5-12(18-3)6-14(11)17/h4-6,15,17H,7-8H2,1-3H3. The smallest absolute Gasteiger partial charge is 0.138 e. The molecule has 0 atom stereocenters. The number of methoxy groups -OCH3 is 1. The summed E-state index contributed by atoms with van der Waals surface area (Å²) in [6.45, 7) is 5.03. The fourth-order valence-corrected chi connectivity index (χ4v) is 1.90. The molecule has 1 aromatic carbocycles. The number of hydrogen-bond acceptors (Lipinski definition) is 5. The van der Waals surface area contributed by atoms with Gasteiger partial charge in [-0.15, -0.1) is 0 Å². The van der Waals surface area contributed by atoms with Crippen LogP contribution >= 0.6 is 0 Å². The Bertz CT molecular complexity index is 544. The quantitative estimate of drug-likeness (QED) is 0.865. The molecule has 0 aliphatic heterocycles. The molecule has 5 nitrogen and oxygen atoms in total. The van der Waals surface area contributed by atoms with Crippen LogP contribution in [0.1, 0.15) is 22.6 Å². The summed E-state index contributed by atoms with van der Waals surface area (Å²) >= 11 is 0. The number of benzene rings is 1. The molecule has 0 fully saturated rings. The molecule has 0 saturated carbocycles. The molecule has 0 aliphatic rings. The van der Waals surface area contributed by atoms with E-state index in [0.717, 1.165) is 22.6 Å². The second-order valence-electron chi connectivity index (χ2n) is 4.40. The summed E-state index contributed by atoms with van der Waals surface area (Å²) in [5, 5.41) is 17.0. The highest BCUT2D eigenvalue weighted by Gasteiger charge is 2.09. The van der Waals surface area contributed by atoms with Gasteiger partial charge in [0.15, 0.2) is 0 Å². The molecule has 102 valence electrons. The summed E-state index contributed by atoms with van der Waals surface area (Å²) in [4.78, 5) is 0. The summed E-state index contributed by atoms with van der Waals surface area (Å²) in [5.41, 5.74) is 2.78. The minimum Gasteiger partial charge on any atom is -0.507 e. The van der Waals surface area contributed by atoms with E-state index >= 15 is 0 Å². The van der Waals surface area contributed by atoms with Crippen LogP contribution in [0, 0.1) is 13.8 Å². The molecule has 19 heavy (non-hydrogen) atoms. The van der Waals surface area contributed by atoms with Gasteiger partial charge in [-0.3, -0.25) is 0 Å². The van der Waals surface area contributed by atoms with Crippen LogP contribution in [0.15, 0.2) is 22.7 Å². The van der Waals surface area contributed by atoms with Crippen molar-refractivity contribution in [2.75, 3.05) is 7.11 Å². The van der Waals surface area contributed by atoms with Crippen LogP contribution in [0.4, 0.5) is 0 Å². The molecule has 5 heteroatoms. The Hall–Kier alpha value is -2.01. The fourth-order valence-electron chi connectivity index (χ4n) is 1.90. The Morgan fingerprint density at radius 2 is 2.11 bits per heavy atom. The van der Waals surface area contributed by atoms with Crippen LogP contribution in [0.3, 0.4) is 0 Å². The third-order valence-electron chi connectivity index (χ3n) is 3.09. The van der Waals surface area contributed by atoms with Gasteiger partial charge >= 0.3 is 0 Å². The lowest BCUT2D eigenvalue weighted by atomic mass is 10.1. The van der Waals surface area contributed by atoms with Gasteiger partial charge in [-0.1, -0.05) is 11.2 Å². The summed E-state index contributed by atoms with van der Waals surface area (Å²) in [7, 11) is 1.57. The van der Waals surface area contributed by atoms with E-state index in [1.54, 1.807) is 13.2 Å². The minimum absolute atomic E-state index is 0.227. The molecule has 2 aromatic rings. The molecule has 1 aromatic heterocycles. The summed E-state index contributed by atoms with van der Waals surface area (Å²) in [6.07, 6.45) is 0. The van der Waals surface area contributed by atoms with Gasteiger partial charge in [0.05, 0.1) is 12.8 Å². The lowest BCUT2D eigenvalue weighted by Crippen LogP contribution is -2.13. The van der Waals surface area contributed by atoms with Crippen molar-refractivity contribution in [3.8, 4) is 11.5 Å². The van der Waals surface area contributed by atoms with Crippen LogP contribution in [0.5, 0.6) is 11.5 Å². The number of aryl methyl sites for hydroxylation is 2. The Morgan fingerprint density at radius 3 is 2.68 bits per heavy atom. The molecule has 1 heterocycles. The molecule has 0 unspecified atom stereocenters. The third kappa shape index (κ3) is 3.06. The van der Waals surface area contributed by atoms with E-state index in [2.05, 4.69) is 10.5 Å². The number of aromatic hydroxyl groups is 1. The second kappa shape index (κ2) is 5.75. The highest BCUT2D eigenvalue weighted by Crippen LogP contribution is 2.23. The van der Waals surface area contributed by atoms with Crippen LogP contribution in [-0.4, -0.2) is 17.4 Å². The van der Waals surface area contributed by atoms with E-state index in [9.17, 15) is 5.11 Å². The number of phenols is 1. The molecule has 2 N–H and O–H groups in total. The fraction of sp³-hybridized carbons (Fsp3) is 0.357.